The van der Waals surface area contributed by atoms with E-state index >= 15 is 0 Å². The van der Waals surface area contributed by atoms with E-state index in [1.807, 2.05) is 24.5 Å². The Bertz CT molecular complexity index is 547. The molecule has 0 aliphatic carbocycles. The van der Waals surface area contributed by atoms with E-state index in [0.29, 0.717) is 19.5 Å². The highest BCUT2D eigenvalue weighted by Gasteiger charge is 2.04. The summed E-state index contributed by atoms with van der Waals surface area (Å²) in [5.74, 6) is -0.0170. The molecular weight excluding hydrogens is 228 g/mol. The maximum Gasteiger partial charge on any atom is 0.221 e. The second-order valence-corrected chi connectivity index (χ2v) is 4.17. The van der Waals surface area contributed by atoms with Crippen molar-refractivity contribution in [2.24, 2.45) is 5.73 Å². The molecule has 96 valence electrons. The first kappa shape index (κ1) is 12.6. The summed E-state index contributed by atoms with van der Waals surface area (Å²) in [6.45, 7) is 3.89. The number of carbonyl (C=O) groups is 1. The first-order valence-electron chi connectivity index (χ1n) is 6.15. The number of amides is 1. The van der Waals surface area contributed by atoms with Gasteiger partial charge in [0.1, 0.15) is 0 Å². The van der Waals surface area contributed by atoms with Gasteiger partial charge in [-0.05, 0) is 24.6 Å². The van der Waals surface area contributed by atoms with Crippen LogP contribution in [0, 0.1) is 0 Å². The van der Waals surface area contributed by atoms with Gasteiger partial charge in [0.25, 0.3) is 0 Å². The summed E-state index contributed by atoms with van der Waals surface area (Å²) in [5.41, 5.74) is 8.45. The fraction of sp³-hybridized carbons (Fsp3) is 0.385. The van der Waals surface area contributed by atoms with Crippen LogP contribution in [0.1, 0.15) is 18.9 Å². The SMILES string of the molecule is CCn1cnc2cc(CNC(=O)CCN)ccc21. The van der Waals surface area contributed by atoms with Gasteiger partial charge < -0.3 is 15.6 Å². The zero-order valence-corrected chi connectivity index (χ0v) is 10.5. The second kappa shape index (κ2) is 5.64. The van der Waals surface area contributed by atoms with E-state index in [2.05, 4.69) is 21.8 Å². The molecule has 0 aliphatic heterocycles. The van der Waals surface area contributed by atoms with Crippen molar-refractivity contribution in [3.8, 4) is 0 Å². The number of nitrogens with one attached hydrogen (secondary N) is 1. The van der Waals surface area contributed by atoms with Crippen LogP contribution in [0.2, 0.25) is 0 Å². The average molecular weight is 246 g/mol. The van der Waals surface area contributed by atoms with Crippen molar-refractivity contribution in [3.05, 3.63) is 30.1 Å². The van der Waals surface area contributed by atoms with Crippen LogP contribution in [-0.2, 0) is 17.9 Å². The summed E-state index contributed by atoms with van der Waals surface area (Å²) >= 11 is 0. The van der Waals surface area contributed by atoms with Gasteiger partial charge in [-0.15, -0.1) is 0 Å². The van der Waals surface area contributed by atoms with Gasteiger partial charge in [0.2, 0.25) is 5.91 Å². The lowest BCUT2D eigenvalue weighted by molar-refractivity contribution is -0.121. The largest absolute Gasteiger partial charge is 0.352 e. The van der Waals surface area contributed by atoms with E-state index in [0.717, 1.165) is 23.1 Å². The molecule has 0 fully saturated rings. The second-order valence-electron chi connectivity index (χ2n) is 4.17. The van der Waals surface area contributed by atoms with Crippen LogP contribution in [0.4, 0.5) is 0 Å². The maximum absolute atomic E-state index is 11.3. The third kappa shape index (κ3) is 2.68. The van der Waals surface area contributed by atoms with Gasteiger partial charge in [-0.2, -0.15) is 0 Å². The van der Waals surface area contributed by atoms with Crippen LogP contribution in [-0.4, -0.2) is 22.0 Å². The molecule has 0 bridgehead atoms. The van der Waals surface area contributed by atoms with Gasteiger partial charge in [0.15, 0.2) is 0 Å². The molecule has 1 aromatic carbocycles. The molecule has 0 radical (unpaired) electrons. The van der Waals surface area contributed by atoms with Crippen molar-refractivity contribution in [3.63, 3.8) is 0 Å². The van der Waals surface area contributed by atoms with Gasteiger partial charge in [-0.1, -0.05) is 6.07 Å². The van der Waals surface area contributed by atoms with Crippen LogP contribution in [0.5, 0.6) is 0 Å². The van der Waals surface area contributed by atoms with Gasteiger partial charge in [0.05, 0.1) is 17.4 Å². The molecule has 0 spiro atoms. The number of hydrogen-bond acceptors (Lipinski definition) is 3. The number of carbonyl (C=O) groups excluding carboxylic acids is 1. The fourth-order valence-corrected chi connectivity index (χ4v) is 1.89. The number of aromatic nitrogens is 2. The Morgan fingerprint density at radius 1 is 1.50 bits per heavy atom. The van der Waals surface area contributed by atoms with E-state index in [1.54, 1.807) is 0 Å². The first-order valence-corrected chi connectivity index (χ1v) is 6.15. The van der Waals surface area contributed by atoms with E-state index in [-0.39, 0.29) is 5.91 Å². The van der Waals surface area contributed by atoms with Crippen molar-refractivity contribution < 1.29 is 4.79 Å². The molecule has 0 atom stereocenters. The summed E-state index contributed by atoms with van der Waals surface area (Å²) in [4.78, 5) is 15.7. The van der Waals surface area contributed by atoms with E-state index in [9.17, 15) is 4.79 Å². The number of benzene rings is 1. The molecule has 0 unspecified atom stereocenters. The van der Waals surface area contributed by atoms with Gasteiger partial charge in [0, 0.05) is 26.1 Å². The van der Waals surface area contributed by atoms with Gasteiger partial charge in [-0.3, -0.25) is 4.79 Å². The Labute approximate surface area is 106 Å². The summed E-state index contributed by atoms with van der Waals surface area (Å²) in [5, 5.41) is 2.83. The topological polar surface area (TPSA) is 72.9 Å². The molecule has 3 N–H and O–H groups in total. The zero-order chi connectivity index (χ0) is 13.0. The standard InChI is InChI=1S/C13H18N4O/c1-2-17-9-16-11-7-10(3-4-12(11)17)8-15-13(18)5-6-14/h3-4,7,9H,2,5-6,8,14H2,1H3,(H,15,18). The lowest BCUT2D eigenvalue weighted by atomic mass is 10.2. The van der Waals surface area contributed by atoms with Crippen LogP contribution >= 0.6 is 0 Å². The minimum Gasteiger partial charge on any atom is -0.352 e. The molecule has 0 saturated carbocycles. The van der Waals surface area contributed by atoms with Crippen molar-refractivity contribution in [1.29, 1.82) is 0 Å². The molecule has 2 aromatic rings. The van der Waals surface area contributed by atoms with Crippen LogP contribution in [0.25, 0.3) is 11.0 Å². The van der Waals surface area contributed by atoms with Crippen molar-refractivity contribution >= 4 is 16.9 Å². The quantitative estimate of drug-likeness (QED) is 0.827. The Kier molecular flexibility index (Phi) is 3.94. The number of fused-ring (bicyclic) bond motifs is 1. The number of nitrogens with zero attached hydrogens (tertiary/aromatic N) is 2. The number of hydrogen-bond donors (Lipinski definition) is 2. The summed E-state index contributed by atoms with van der Waals surface area (Å²) in [6.07, 6.45) is 2.20. The first-order chi connectivity index (χ1) is 8.74. The molecule has 5 heteroatoms. The fourth-order valence-electron chi connectivity index (χ4n) is 1.89. The molecule has 0 saturated heterocycles. The Morgan fingerprint density at radius 3 is 3.06 bits per heavy atom. The molecule has 18 heavy (non-hydrogen) atoms. The maximum atomic E-state index is 11.3. The third-order valence-electron chi connectivity index (χ3n) is 2.89. The summed E-state index contributed by atoms with van der Waals surface area (Å²) in [6, 6.07) is 6.05. The Balaban J connectivity index is 2.08. The van der Waals surface area contributed by atoms with E-state index in [1.165, 1.54) is 0 Å². The van der Waals surface area contributed by atoms with Gasteiger partial charge >= 0.3 is 0 Å². The summed E-state index contributed by atoms with van der Waals surface area (Å²) in [7, 11) is 0. The molecular formula is C13H18N4O. The number of imidazole rings is 1. The smallest absolute Gasteiger partial charge is 0.221 e. The van der Waals surface area contributed by atoms with Crippen LogP contribution in [0.15, 0.2) is 24.5 Å². The molecule has 2 rings (SSSR count). The number of rotatable bonds is 5. The highest BCUT2D eigenvalue weighted by Crippen LogP contribution is 2.14. The number of nitrogens with two attached hydrogens (primary N) is 1. The van der Waals surface area contributed by atoms with Crippen LogP contribution in [0.3, 0.4) is 0 Å². The number of aryl methyl sites for hydroxylation is 1. The Hall–Kier alpha value is -1.88. The van der Waals surface area contributed by atoms with Crippen molar-refractivity contribution in [1.82, 2.24) is 14.9 Å². The predicted molar refractivity (Wildman–Crippen MR) is 70.9 cm³/mol. The predicted octanol–water partition coefficient (Wildman–Crippen LogP) is 1.02. The van der Waals surface area contributed by atoms with Crippen molar-refractivity contribution in [2.45, 2.75) is 26.4 Å². The lowest BCUT2D eigenvalue weighted by Crippen LogP contribution is -2.24. The molecule has 0 aliphatic rings. The zero-order valence-electron chi connectivity index (χ0n) is 10.5. The molecule has 1 heterocycles. The van der Waals surface area contributed by atoms with Crippen LogP contribution < -0.4 is 11.1 Å². The monoisotopic (exact) mass is 246 g/mol. The molecule has 5 nitrogen and oxygen atoms in total. The third-order valence-corrected chi connectivity index (χ3v) is 2.89. The summed E-state index contributed by atoms with van der Waals surface area (Å²) < 4.78 is 2.09. The van der Waals surface area contributed by atoms with Crippen molar-refractivity contribution in [2.75, 3.05) is 6.54 Å². The highest BCUT2D eigenvalue weighted by atomic mass is 16.1. The minimum atomic E-state index is -0.0170. The van der Waals surface area contributed by atoms with E-state index in [4.69, 9.17) is 5.73 Å². The molecule has 1 amide bonds. The average Bonchev–Trinajstić information content (AvgIpc) is 2.79. The lowest BCUT2D eigenvalue weighted by Gasteiger charge is -2.05. The molecule has 1 aromatic heterocycles. The van der Waals surface area contributed by atoms with Gasteiger partial charge in [-0.25, -0.2) is 4.98 Å². The normalized spacial score (nSPS) is 10.8. The van der Waals surface area contributed by atoms with E-state index < -0.39 is 0 Å². The minimum absolute atomic E-state index is 0.0170. The Morgan fingerprint density at radius 2 is 2.33 bits per heavy atom. The highest BCUT2D eigenvalue weighted by molar-refractivity contribution is 5.77.